The second kappa shape index (κ2) is 10.6. The maximum absolute atomic E-state index is 12.7. The summed E-state index contributed by atoms with van der Waals surface area (Å²) in [5.74, 6) is 1.17. The average Bonchev–Trinajstić information content (AvgIpc) is 2.79. The normalized spacial score (nSPS) is 15.5. The van der Waals surface area contributed by atoms with Crippen LogP contribution in [0.15, 0.2) is 47.4 Å². The number of benzene rings is 2. The van der Waals surface area contributed by atoms with E-state index in [-0.39, 0.29) is 16.8 Å². The molecule has 0 aromatic heterocycles. The second-order valence-corrected chi connectivity index (χ2v) is 9.43. The van der Waals surface area contributed by atoms with Crippen molar-refractivity contribution in [2.75, 3.05) is 18.9 Å². The number of methoxy groups -OCH3 is 2. The van der Waals surface area contributed by atoms with E-state index >= 15 is 0 Å². The number of rotatable bonds is 9. The standard InChI is InChI=1S/C23H30N2O6S/c1-16(23(26)24-17-7-5-4-6-8-17)31-19-10-12-20(13-11-19)32(27,28)25-18-9-14-21(29-2)22(15-18)30-3/h9-17,25H,4-8H2,1-3H3,(H,24,26)/t16-/m1/s1. The van der Waals surface area contributed by atoms with Crippen LogP contribution in [0.3, 0.4) is 0 Å². The van der Waals surface area contributed by atoms with Crippen molar-refractivity contribution in [2.24, 2.45) is 0 Å². The van der Waals surface area contributed by atoms with Gasteiger partial charge in [0.15, 0.2) is 17.6 Å². The van der Waals surface area contributed by atoms with Gasteiger partial charge in [-0.1, -0.05) is 19.3 Å². The smallest absolute Gasteiger partial charge is 0.261 e. The maximum Gasteiger partial charge on any atom is 0.261 e. The summed E-state index contributed by atoms with van der Waals surface area (Å²) < 4.78 is 44.1. The van der Waals surface area contributed by atoms with Gasteiger partial charge >= 0.3 is 0 Å². The summed E-state index contributed by atoms with van der Waals surface area (Å²) in [6.45, 7) is 1.68. The van der Waals surface area contributed by atoms with Crippen molar-refractivity contribution in [1.29, 1.82) is 0 Å². The topological polar surface area (TPSA) is 103 Å². The first-order valence-corrected chi connectivity index (χ1v) is 12.1. The van der Waals surface area contributed by atoms with E-state index in [1.807, 2.05) is 0 Å². The lowest BCUT2D eigenvalue weighted by atomic mass is 9.95. The van der Waals surface area contributed by atoms with E-state index in [4.69, 9.17) is 14.2 Å². The van der Waals surface area contributed by atoms with Crippen molar-refractivity contribution >= 4 is 21.6 Å². The van der Waals surface area contributed by atoms with Gasteiger partial charge in [0, 0.05) is 12.1 Å². The largest absolute Gasteiger partial charge is 0.493 e. The molecule has 1 amide bonds. The van der Waals surface area contributed by atoms with Crippen LogP contribution in [-0.4, -0.2) is 40.7 Å². The lowest BCUT2D eigenvalue weighted by molar-refractivity contribution is -0.128. The Bertz CT molecular complexity index is 1020. The zero-order valence-corrected chi connectivity index (χ0v) is 19.4. The maximum atomic E-state index is 12.7. The van der Waals surface area contributed by atoms with Gasteiger partial charge in [-0.25, -0.2) is 8.42 Å². The zero-order chi connectivity index (χ0) is 23.1. The molecule has 0 heterocycles. The minimum atomic E-state index is -3.82. The van der Waals surface area contributed by atoms with Gasteiger partial charge in [0.25, 0.3) is 15.9 Å². The van der Waals surface area contributed by atoms with Crippen molar-refractivity contribution < 1.29 is 27.4 Å². The Balaban J connectivity index is 1.62. The van der Waals surface area contributed by atoms with Crippen molar-refractivity contribution in [3.8, 4) is 17.2 Å². The van der Waals surface area contributed by atoms with Crippen molar-refractivity contribution in [2.45, 2.75) is 56.1 Å². The predicted octanol–water partition coefficient (Wildman–Crippen LogP) is 3.72. The van der Waals surface area contributed by atoms with Crippen LogP contribution in [0.1, 0.15) is 39.0 Å². The van der Waals surface area contributed by atoms with Gasteiger partial charge in [-0.2, -0.15) is 0 Å². The monoisotopic (exact) mass is 462 g/mol. The molecule has 0 unspecified atom stereocenters. The van der Waals surface area contributed by atoms with Gasteiger partial charge in [-0.05, 0) is 56.2 Å². The van der Waals surface area contributed by atoms with Crippen molar-refractivity contribution in [3.63, 3.8) is 0 Å². The van der Waals surface area contributed by atoms with Crippen LogP contribution in [0.25, 0.3) is 0 Å². The third-order valence-corrected chi connectivity index (χ3v) is 6.80. The minimum Gasteiger partial charge on any atom is -0.493 e. The van der Waals surface area contributed by atoms with Crippen LogP contribution in [0.5, 0.6) is 17.2 Å². The van der Waals surface area contributed by atoms with Crippen LogP contribution in [-0.2, 0) is 14.8 Å². The molecule has 1 fully saturated rings. The Kier molecular flexibility index (Phi) is 7.84. The summed E-state index contributed by atoms with van der Waals surface area (Å²) >= 11 is 0. The lowest BCUT2D eigenvalue weighted by Gasteiger charge is -2.24. The number of ether oxygens (including phenoxy) is 3. The Hall–Kier alpha value is -2.94. The number of hydrogen-bond acceptors (Lipinski definition) is 6. The molecule has 1 aliphatic rings. The SMILES string of the molecule is COc1ccc(NS(=O)(=O)c2ccc(O[C@H](C)C(=O)NC3CCCCC3)cc2)cc1OC. The Morgan fingerprint density at radius 3 is 2.25 bits per heavy atom. The van der Waals surface area contributed by atoms with E-state index in [2.05, 4.69) is 10.0 Å². The van der Waals surface area contributed by atoms with Crippen molar-refractivity contribution in [1.82, 2.24) is 5.32 Å². The fourth-order valence-electron chi connectivity index (χ4n) is 3.63. The molecule has 2 N–H and O–H groups in total. The summed E-state index contributed by atoms with van der Waals surface area (Å²) in [5.41, 5.74) is 0.344. The van der Waals surface area contributed by atoms with Gasteiger partial charge in [0.05, 0.1) is 24.8 Å². The molecule has 32 heavy (non-hydrogen) atoms. The van der Waals surface area contributed by atoms with Gasteiger partial charge < -0.3 is 19.5 Å². The Labute approximate surface area is 189 Å². The molecule has 1 atom stereocenters. The summed E-state index contributed by atoms with van der Waals surface area (Å²) in [6.07, 6.45) is 4.80. The molecule has 2 aromatic carbocycles. The molecule has 1 saturated carbocycles. The zero-order valence-electron chi connectivity index (χ0n) is 18.6. The van der Waals surface area contributed by atoms with Crippen LogP contribution in [0, 0.1) is 0 Å². The van der Waals surface area contributed by atoms with Crippen LogP contribution in [0.4, 0.5) is 5.69 Å². The number of carbonyl (C=O) groups excluding carboxylic acids is 1. The Morgan fingerprint density at radius 2 is 1.62 bits per heavy atom. The van der Waals surface area contributed by atoms with E-state index in [0.717, 1.165) is 25.7 Å². The predicted molar refractivity (Wildman–Crippen MR) is 122 cm³/mol. The highest BCUT2D eigenvalue weighted by Crippen LogP contribution is 2.31. The number of anilines is 1. The molecule has 0 aliphatic heterocycles. The quantitative estimate of drug-likeness (QED) is 0.589. The molecule has 0 spiro atoms. The molecular formula is C23H30N2O6S. The number of amides is 1. The molecule has 0 radical (unpaired) electrons. The summed E-state index contributed by atoms with van der Waals surface area (Å²) in [4.78, 5) is 12.5. The average molecular weight is 463 g/mol. The summed E-state index contributed by atoms with van der Waals surface area (Å²) in [5, 5.41) is 3.03. The molecular weight excluding hydrogens is 432 g/mol. The number of hydrogen-bond donors (Lipinski definition) is 2. The molecule has 1 aliphatic carbocycles. The van der Waals surface area contributed by atoms with E-state index in [1.54, 1.807) is 25.1 Å². The van der Waals surface area contributed by atoms with Gasteiger partial charge in [0.1, 0.15) is 5.75 Å². The minimum absolute atomic E-state index is 0.0685. The third-order valence-electron chi connectivity index (χ3n) is 5.40. The third kappa shape index (κ3) is 6.06. The van der Waals surface area contributed by atoms with E-state index in [1.165, 1.54) is 44.9 Å². The lowest BCUT2D eigenvalue weighted by Crippen LogP contribution is -2.43. The van der Waals surface area contributed by atoms with Gasteiger partial charge in [0.2, 0.25) is 0 Å². The van der Waals surface area contributed by atoms with E-state index in [0.29, 0.717) is 22.9 Å². The molecule has 9 heteroatoms. The highest BCUT2D eigenvalue weighted by Gasteiger charge is 2.21. The molecule has 0 bridgehead atoms. The second-order valence-electron chi connectivity index (χ2n) is 7.75. The van der Waals surface area contributed by atoms with E-state index < -0.39 is 16.1 Å². The van der Waals surface area contributed by atoms with E-state index in [9.17, 15) is 13.2 Å². The number of carbonyl (C=O) groups is 1. The highest BCUT2D eigenvalue weighted by atomic mass is 32.2. The summed E-state index contributed by atoms with van der Waals surface area (Å²) in [6, 6.07) is 10.9. The summed E-state index contributed by atoms with van der Waals surface area (Å²) in [7, 11) is -0.837. The van der Waals surface area contributed by atoms with Crippen LogP contribution < -0.4 is 24.2 Å². The van der Waals surface area contributed by atoms with Gasteiger partial charge in [-0.3, -0.25) is 9.52 Å². The first-order valence-electron chi connectivity index (χ1n) is 10.6. The number of sulfonamides is 1. The van der Waals surface area contributed by atoms with Crippen LogP contribution in [0.2, 0.25) is 0 Å². The molecule has 2 aromatic rings. The molecule has 3 rings (SSSR count). The first-order chi connectivity index (χ1) is 15.3. The van der Waals surface area contributed by atoms with Crippen LogP contribution >= 0.6 is 0 Å². The van der Waals surface area contributed by atoms with Crippen molar-refractivity contribution in [3.05, 3.63) is 42.5 Å². The van der Waals surface area contributed by atoms with Gasteiger partial charge in [-0.15, -0.1) is 0 Å². The highest BCUT2D eigenvalue weighted by molar-refractivity contribution is 7.92. The number of nitrogens with one attached hydrogen (secondary N) is 2. The fraction of sp³-hybridized carbons (Fsp3) is 0.435. The Morgan fingerprint density at radius 1 is 0.969 bits per heavy atom. The fourth-order valence-corrected chi connectivity index (χ4v) is 4.68. The first kappa shape index (κ1) is 23.7. The molecule has 0 saturated heterocycles. The molecule has 174 valence electrons. The molecule has 8 nitrogen and oxygen atoms in total.